The fraction of sp³-hybridized carbons (Fsp3) is 0.727. The molecule has 1 aliphatic heterocycles. The van der Waals surface area contributed by atoms with Gasteiger partial charge in [0.1, 0.15) is 12.2 Å². The lowest BCUT2D eigenvalue weighted by Gasteiger charge is -2.21. The molecule has 1 heterocycles. The van der Waals surface area contributed by atoms with Crippen LogP contribution in [-0.2, 0) is 23.8 Å². The maximum Gasteiger partial charge on any atom is 0.334 e. The Labute approximate surface area is 105 Å². The Bertz CT molecular complexity index is 372. The first-order chi connectivity index (χ1) is 8.24. The third-order valence-electron chi connectivity index (χ3n) is 2.07. The highest BCUT2D eigenvalue weighted by Crippen LogP contribution is 2.12. The Kier molecular flexibility index (Phi) is 4.28. The molecule has 0 aromatic rings. The van der Waals surface area contributed by atoms with E-state index in [2.05, 4.69) is 9.73 Å². The molecule has 102 valence electrons. The van der Waals surface area contributed by atoms with Gasteiger partial charge in [-0.05, 0) is 20.8 Å². The molecular weight excluding hydrogens is 240 g/mol. The van der Waals surface area contributed by atoms with E-state index >= 15 is 0 Å². The first-order valence-corrected chi connectivity index (χ1v) is 5.51. The molecule has 2 N–H and O–H groups in total. The maximum atomic E-state index is 11.7. The molecule has 0 amide bonds. The van der Waals surface area contributed by atoms with Crippen LogP contribution in [0.4, 0.5) is 0 Å². The second-order valence-electron chi connectivity index (χ2n) is 4.83. The molecule has 2 unspecified atom stereocenters. The number of aliphatic imine (C=N–C) groups is 1. The lowest BCUT2D eigenvalue weighted by molar-refractivity contribution is -0.154. The average Bonchev–Trinajstić information content (AvgIpc) is 2.73. The van der Waals surface area contributed by atoms with Crippen LogP contribution < -0.4 is 5.73 Å². The number of nitrogens with two attached hydrogens (primary N) is 1. The summed E-state index contributed by atoms with van der Waals surface area (Å²) in [6.07, 6.45) is 0. The van der Waals surface area contributed by atoms with Crippen LogP contribution in [0.25, 0.3) is 0 Å². The van der Waals surface area contributed by atoms with Gasteiger partial charge >= 0.3 is 11.9 Å². The van der Waals surface area contributed by atoms with Crippen molar-refractivity contribution in [2.45, 2.75) is 38.5 Å². The Hall–Kier alpha value is -1.63. The predicted octanol–water partition coefficient (Wildman–Crippen LogP) is -0.374. The zero-order chi connectivity index (χ0) is 13.9. The van der Waals surface area contributed by atoms with Gasteiger partial charge in [-0.1, -0.05) is 0 Å². The molecular formula is C11H18N2O5. The number of hydrogen-bond donors (Lipinski definition) is 1. The fourth-order valence-corrected chi connectivity index (χ4v) is 1.29. The number of esters is 2. The molecule has 7 heteroatoms. The summed E-state index contributed by atoms with van der Waals surface area (Å²) in [5.41, 5.74) is 5.01. The number of carbonyl (C=O) groups excluding carboxylic acids is 2. The summed E-state index contributed by atoms with van der Waals surface area (Å²) in [6, 6.07) is -1.89. The normalized spacial score (nSPS) is 20.7. The molecule has 0 spiro atoms. The highest BCUT2D eigenvalue weighted by molar-refractivity contribution is 6.03. The second-order valence-corrected chi connectivity index (χ2v) is 4.83. The second kappa shape index (κ2) is 5.34. The minimum absolute atomic E-state index is 0.000324. The lowest BCUT2D eigenvalue weighted by Crippen LogP contribution is -2.43. The van der Waals surface area contributed by atoms with Crippen molar-refractivity contribution in [3.05, 3.63) is 0 Å². The first kappa shape index (κ1) is 14.4. The largest absolute Gasteiger partial charge is 0.476 e. The molecule has 0 saturated heterocycles. The van der Waals surface area contributed by atoms with Crippen molar-refractivity contribution in [3.63, 3.8) is 0 Å². The van der Waals surface area contributed by atoms with E-state index in [0.717, 1.165) is 0 Å². The SMILES string of the molecule is COC(=O)C1COC(C(N)C(=O)OC(C)(C)C)=N1. The zero-order valence-electron chi connectivity index (χ0n) is 10.9. The van der Waals surface area contributed by atoms with Crippen LogP contribution >= 0.6 is 0 Å². The summed E-state index contributed by atoms with van der Waals surface area (Å²) >= 11 is 0. The van der Waals surface area contributed by atoms with Crippen molar-refractivity contribution in [2.75, 3.05) is 13.7 Å². The minimum Gasteiger partial charge on any atom is -0.476 e. The van der Waals surface area contributed by atoms with E-state index in [4.69, 9.17) is 15.2 Å². The van der Waals surface area contributed by atoms with Crippen molar-refractivity contribution in [1.29, 1.82) is 0 Å². The Morgan fingerprint density at radius 3 is 2.61 bits per heavy atom. The molecule has 2 atom stereocenters. The summed E-state index contributed by atoms with van der Waals surface area (Å²) in [5.74, 6) is -1.17. The predicted molar refractivity (Wildman–Crippen MR) is 63.0 cm³/mol. The molecule has 0 radical (unpaired) electrons. The Balaban J connectivity index is 2.66. The van der Waals surface area contributed by atoms with Crippen LogP contribution in [0.2, 0.25) is 0 Å². The highest BCUT2D eigenvalue weighted by Gasteiger charge is 2.34. The van der Waals surface area contributed by atoms with Crippen LogP contribution in [0.1, 0.15) is 20.8 Å². The van der Waals surface area contributed by atoms with Crippen molar-refractivity contribution in [1.82, 2.24) is 0 Å². The quantitative estimate of drug-likeness (QED) is 0.693. The average molecular weight is 258 g/mol. The third-order valence-corrected chi connectivity index (χ3v) is 2.07. The van der Waals surface area contributed by atoms with E-state index in [1.807, 2.05) is 0 Å². The first-order valence-electron chi connectivity index (χ1n) is 5.51. The van der Waals surface area contributed by atoms with E-state index in [0.29, 0.717) is 0 Å². The number of methoxy groups -OCH3 is 1. The van der Waals surface area contributed by atoms with Gasteiger partial charge in [0.15, 0.2) is 12.1 Å². The minimum atomic E-state index is -1.13. The number of hydrogen-bond acceptors (Lipinski definition) is 7. The summed E-state index contributed by atoms with van der Waals surface area (Å²) in [5, 5.41) is 0. The van der Waals surface area contributed by atoms with Crippen molar-refractivity contribution in [2.24, 2.45) is 10.7 Å². The fourth-order valence-electron chi connectivity index (χ4n) is 1.29. The molecule has 7 nitrogen and oxygen atoms in total. The van der Waals surface area contributed by atoms with Crippen LogP contribution in [-0.4, -0.2) is 49.2 Å². The number of nitrogens with zero attached hydrogens (tertiary/aromatic N) is 1. The van der Waals surface area contributed by atoms with Crippen LogP contribution in [0.3, 0.4) is 0 Å². The van der Waals surface area contributed by atoms with Gasteiger partial charge in [0, 0.05) is 0 Å². The molecule has 18 heavy (non-hydrogen) atoms. The number of ether oxygens (including phenoxy) is 3. The molecule has 0 aromatic carbocycles. The van der Waals surface area contributed by atoms with Crippen LogP contribution in [0.15, 0.2) is 4.99 Å². The zero-order valence-corrected chi connectivity index (χ0v) is 10.9. The Morgan fingerprint density at radius 1 is 1.50 bits per heavy atom. The molecule has 0 aromatic heterocycles. The van der Waals surface area contributed by atoms with Crippen LogP contribution in [0, 0.1) is 0 Å². The van der Waals surface area contributed by atoms with Gasteiger partial charge in [0.2, 0.25) is 5.90 Å². The third kappa shape index (κ3) is 3.69. The lowest BCUT2D eigenvalue weighted by atomic mass is 10.2. The monoisotopic (exact) mass is 258 g/mol. The summed E-state index contributed by atoms with van der Waals surface area (Å²) in [4.78, 5) is 26.8. The van der Waals surface area contributed by atoms with Crippen molar-refractivity contribution in [3.8, 4) is 0 Å². The summed E-state index contributed by atoms with van der Waals surface area (Å²) in [6.45, 7) is 5.21. The molecule has 0 saturated carbocycles. The van der Waals surface area contributed by atoms with E-state index in [-0.39, 0.29) is 12.5 Å². The molecule has 0 aliphatic carbocycles. The number of rotatable bonds is 3. The Morgan fingerprint density at radius 2 is 2.11 bits per heavy atom. The molecule has 0 bridgehead atoms. The van der Waals surface area contributed by atoms with Gasteiger partial charge in [0.25, 0.3) is 0 Å². The maximum absolute atomic E-state index is 11.7. The summed E-state index contributed by atoms with van der Waals surface area (Å²) < 4.78 is 14.7. The molecule has 1 aliphatic rings. The summed E-state index contributed by atoms with van der Waals surface area (Å²) in [7, 11) is 1.25. The van der Waals surface area contributed by atoms with Gasteiger partial charge < -0.3 is 19.9 Å². The standard InChI is InChI=1S/C11H18N2O5/c1-11(2,3)18-10(15)7(12)8-13-6(5-17-8)9(14)16-4/h6-7H,5,12H2,1-4H3. The molecule has 0 fully saturated rings. The van der Waals surface area contributed by atoms with Crippen LogP contribution in [0.5, 0.6) is 0 Å². The van der Waals surface area contributed by atoms with E-state index < -0.39 is 29.6 Å². The van der Waals surface area contributed by atoms with Gasteiger partial charge in [-0.2, -0.15) is 0 Å². The van der Waals surface area contributed by atoms with Gasteiger partial charge in [-0.25, -0.2) is 14.6 Å². The van der Waals surface area contributed by atoms with E-state index in [1.54, 1.807) is 20.8 Å². The van der Waals surface area contributed by atoms with Gasteiger partial charge in [-0.15, -0.1) is 0 Å². The van der Waals surface area contributed by atoms with E-state index in [9.17, 15) is 9.59 Å². The smallest absolute Gasteiger partial charge is 0.334 e. The van der Waals surface area contributed by atoms with Gasteiger partial charge in [0.05, 0.1) is 7.11 Å². The topological polar surface area (TPSA) is 100 Å². The van der Waals surface area contributed by atoms with Crippen molar-refractivity contribution >= 4 is 17.8 Å². The molecule has 1 rings (SSSR count). The van der Waals surface area contributed by atoms with E-state index in [1.165, 1.54) is 7.11 Å². The van der Waals surface area contributed by atoms with Crippen molar-refractivity contribution < 1.29 is 23.8 Å². The van der Waals surface area contributed by atoms with Gasteiger partial charge in [-0.3, -0.25) is 0 Å². The number of carbonyl (C=O) groups is 2. The highest BCUT2D eigenvalue weighted by atomic mass is 16.6.